The molecule has 2 aromatic carbocycles. The molecule has 0 aliphatic heterocycles. The van der Waals surface area contributed by atoms with Gasteiger partial charge in [0.15, 0.2) is 0 Å². The SMILES string of the molecule is CCOP(=O)(c1ccccc1)C(COC(C)(C)C)NC(=O)OCc1ccccc1. The Morgan fingerprint density at radius 1 is 1.03 bits per heavy atom. The Morgan fingerprint density at radius 3 is 2.17 bits per heavy atom. The first-order chi connectivity index (χ1) is 13.7. The number of rotatable bonds is 9. The Balaban J connectivity index is 2.20. The van der Waals surface area contributed by atoms with Crippen molar-refractivity contribution in [2.45, 2.75) is 45.7 Å². The van der Waals surface area contributed by atoms with Crippen molar-refractivity contribution in [2.24, 2.45) is 0 Å². The first-order valence-corrected chi connectivity index (χ1v) is 11.3. The van der Waals surface area contributed by atoms with Gasteiger partial charge in [-0.1, -0.05) is 48.5 Å². The molecule has 29 heavy (non-hydrogen) atoms. The second-order valence-corrected chi connectivity index (χ2v) is 10.1. The standard InChI is InChI=1S/C22H30NO5P/c1-5-28-29(25,19-14-10-7-11-15-19)20(17-27-22(2,3)4)23-21(24)26-16-18-12-8-6-9-13-18/h6-15,20H,5,16-17H2,1-4H3,(H,23,24). The summed E-state index contributed by atoms with van der Waals surface area (Å²) >= 11 is 0. The molecule has 0 aliphatic carbocycles. The van der Waals surface area contributed by atoms with Crippen molar-refractivity contribution in [1.29, 1.82) is 0 Å². The monoisotopic (exact) mass is 419 g/mol. The third-order valence-corrected chi connectivity index (χ3v) is 6.78. The molecule has 0 radical (unpaired) electrons. The molecule has 0 bridgehead atoms. The van der Waals surface area contributed by atoms with Gasteiger partial charge < -0.3 is 19.3 Å². The zero-order chi connectivity index (χ0) is 21.3. The number of amides is 1. The van der Waals surface area contributed by atoms with E-state index in [4.69, 9.17) is 14.0 Å². The summed E-state index contributed by atoms with van der Waals surface area (Å²) in [5.41, 5.74) is 0.392. The van der Waals surface area contributed by atoms with Crippen LogP contribution in [0.4, 0.5) is 4.79 Å². The van der Waals surface area contributed by atoms with Crippen LogP contribution >= 0.6 is 7.37 Å². The van der Waals surface area contributed by atoms with Gasteiger partial charge >= 0.3 is 6.09 Å². The highest BCUT2D eigenvalue weighted by atomic mass is 31.2. The lowest BCUT2D eigenvalue weighted by Gasteiger charge is -2.30. The van der Waals surface area contributed by atoms with Crippen molar-refractivity contribution >= 4 is 18.8 Å². The Labute approximate surface area is 173 Å². The summed E-state index contributed by atoms with van der Waals surface area (Å²) in [6.45, 7) is 7.83. The fourth-order valence-corrected chi connectivity index (χ4v) is 4.83. The normalized spacial score (nSPS) is 14.6. The van der Waals surface area contributed by atoms with Gasteiger partial charge in [-0.3, -0.25) is 4.57 Å². The molecule has 6 nitrogen and oxygen atoms in total. The van der Waals surface area contributed by atoms with E-state index in [1.54, 1.807) is 31.2 Å². The molecule has 0 saturated carbocycles. The van der Waals surface area contributed by atoms with Crippen LogP contribution < -0.4 is 10.6 Å². The van der Waals surface area contributed by atoms with Crippen molar-refractivity contribution in [3.05, 3.63) is 66.2 Å². The summed E-state index contributed by atoms with van der Waals surface area (Å²) in [5, 5.41) is 3.23. The highest BCUT2D eigenvalue weighted by molar-refractivity contribution is 7.67. The van der Waals surface area contributed by atoms with E-state index in [1.165, 1.54) is 0 Å². The average molecular weight is 419 g/mol. The van der Waals surface area contributed by atoms with E-state index < -0.39 is 24.8 Å². The highest BCUT2D eigenvalue weighted by Crippen LogP contribution is 2.50. The van der Waals surface area contributed by atoms with Gasteiger partial charge in [0.1, 0.15) is 12.4 Å². The van der Waals surface area contributed by atoms with Crippen molar-refractivity contribution in [2.75, 3.05) is 13.2 Å². The summed E-state index contributed by atoms with van der Waals surface area (Å²) in [4.78, 5) is 12.5. The van der Waals surface area contributed by atoms with Crippen LogP contribution in [0.5, 0.6) is 0 Å². The maximum Gasteiger partial charge on any atom is 0.408 e. The number of hydrogen-bond acceptors (Lipinski definition) is 5. The lowest BCUT2D eigenvalue weighted by atomic mass is 10.2. The minimum atomic E-state index is -3.45. The number of benzene rings is 2. The van der Waals surface area contributed by atoms with E-state index in [-0.39, 0.29) is 19.8 Å². The van der Waals surface area contributed by atoms with E-state index in [0.29, 0.717) is 5.30 Å². The van der Waals surface area contributed by atoms with Crippen molar-refractivity contribution in [3.63, 3.8) is 0 Å². The van der Waals surface area contributed by atoms with Gasteiger partial charge in [-0.05, 0) is 45.4 Å². The molecule has 0 aromatic heterocycles. The summed E-state index contributed by atoms with van der Waals surface area (Å²) in [7, 11) is -3.45. The van der Waals surface area contributed by atoms with Gasteiger partial charge in [0.25, 0.3) is 7.37 Å². The number of nitrogens with one attached hydrogen (secondary N) is 1. The lowest BCUT2D eigenvalue weighted by molar-refractivity contribution is -0.00702. The minimum Gasteiger partial charge on any atom is -0.445 e. The third-order valence-electron chi connectivity index (χ3n) is 4.02. The molecule has 0 aliphatic rings. The van der Waals surface area contributed by atoms with Crippen LogP contribution in [0.2, 0.25) is 0 Å². The third kappa shape index (κ3) is 7.32. The van der Waals surface area contributed by atoms with Crippen LogP contribution in [0, 0.1) is 0 Å². The number of ether oxygens (including phenoxy) is 2. The first kappa shape index (κ1) is 23.1. The molecule has 1 N–H and O–H groups in total. The zero-order valence-corrected chi connectivity index (χ0v) is 18.4. The Morgan fingerprint density at radius 2 is 1.62 bits per heavy atom. The van der Waals surface area contributed by atoms with Crippen molar-refractivity contribution in [3.8, 4) is 0 Å². The maximum absolute atomic E-state index is 13.9. The number of alkyl carbamates (subject to hydrolysis) is 1. The molecule has 2 unspecified atom stereocenters. The zero-order valence-electron chi connectivity index (χ0n) is 17.5. The largest absolute Gasteiger partial charge is 0.445 e. The van der Waals surface area contributed by atoms with E-state index in [1.807, 2.05) is 57.2 Å². The smallest absolute Gasteiger partial charge is 0.408 e. The van der Waals surface area contributed by atoms with Gasteiger partial charge in [0, 0.05) is 5.30 Å². The average Bonchev–Trinajstić information content (AvgIpc) is 2.70. The van der Waals surface area contributed by atoms with Gasteiger partial charge in [0.05, 0.1) is 18.8 Å². The van der Waals surface area contributed by atoms with Gasteiger partial charge in [0.2, 0.25) is 0 Å². The van der Waals surface area contributed by atoms with E-state index in [0.717, 1.165) is 5.56 Å². The predicted octanol–water partition coefficient (Wildman–Crippen LogP) is 4.69. The molecule has 7 heteroatoms. The van der Waals surface area contributed by atoms with Crippen LogP contribution in [0.15, 0.2) is 60.7 Å². The minimum absolute atomic E-state index is 0.0239. The molecule has 158 valence electrons. The van der Waals surface area contributed by atoms with Gasteiger partial charge in [-0.2, -0.15) is 0 Å². The van der Waals surface area contributed by atoms with E-state index in [2.05, 4.69) is 5.32 Å². The Hall–Kier alpha value is -2.14. The van der Waals surface area contributed by atoms with Crippen molar-refractivity contribution in [1.82, 2.24) is 5.32 Å². The Kier molecular flexibility index (Phi) is 8.45. The van der Waals surface area contributed by atoms with Crippen LogP contribution in [0.25, 0.3) is 0 Å². The maximum atomic E-state index is 13.9. The number of carbonyl (C=O) groups is 1. The summed E-state index contributed by atoms with van der Waals surface area (Å²) in [6, 6.07) is 18.2. The predicted molar refractivity (Wildman–Crippen MR) is 115 cm³/mol. The molecule has 0 spiro atoms. The second kappa shape index (κ2) is 10.6. The van der Waals surface area contributed by atoms with Gasteiger partial charge in [-0.15, -0.1) is 0 Å². The highest BCUT2D eigenvalue weighted by Gasteiger charge is 2.38. The molecule has 2 aromatic rings. The summed E-state index contributed by atoms with van der Waals surface area (Å²) < 4.78 is 30.7. The topological polar surface area (TPSA) is 73.9 Å². The second-order valence-electron chi connectivity index (χ2n) is 7.50. The van der Waals surface area contributed by atoms with E-state index in [9.17, 15) is 9.36 Å². The summed E-state index contributed by atoms with van der Waals surface area (Å²) in [5.74, 6) is -0.882. The fraction of sp³-hybridized carbons (Fsp3) is 0.409. The quantitative estimate of drug-likeness (QED) is 0.597. The van der Waals surface area contributed by atoms with Gasteiger partial charge in [-0.25, -0.2) is 4.79 Å². The molecule has 0 saturated heterocycles. The summed E-state index contributed by atoms with van der Waals surface area (Å²) in [6.07, 6.45) is -0.674. The molecular weight excluding hydrogens is 389 g/mol. The number of hydrogen-bond donors (Lipinski definition) is 1. The van der Waals surface area contributed by atoms with E-state index >= 15 is 0 Å². The first-order valence-electron chi connectivity index (χ1n) is 9.65. The molecule has 2 atom stereocenters. The van der Waals surface area contributed by atoms with Crippen LogP contribution in [0.3, 0.4) is 0 Å². The molecule has 2 rings (SSSR count). The van der Waals surface area contributed by atoms with Crippen LogP contribution in [-0.2, 0) is 25.2 Å². The van der Waals surface area contributed by atoms with Crippen molar-refractivity contribution < 1.29 is 23.4 Å². The molecular formula is C22H30NO5P. The molecule has 1 amide bonds. The Bertz CT molecular complexity index is 805. The number of carbonyl (C=O) groups excluding carboxylic acids is 1. The fourth-order valence-electron chi connectivity index (χ4n) is 2.63. The van der Waals surface area contributed by atoms with Crippen LogP contribution in [-0.4, -0.2) is 30.7 Å². The van der Waals surface area contributed by atoms with Crippen LogP contribution in [0.1, 0.15) is 33.3 Å². The molecule has 0 fully saturated rings. The lowest BCUT2D eigenvalue weighted by Crippen LogP contribution is -2.42. The molecule has 0 heterocycles.